The van der Waals surface area contributed by atoms with E-state index >= 15 is 0 Å². The zero-order chi connectivity index (χ0) is 22.4. The van der Waals surface area contributed by atoms with Gasteiger partial charge in [-0.15, -0.1) is 0 Å². The molecule has 1 aromatic heterocycles. The van der Waals surface area contributed by atoms with Crippen LogP contribution in [0.2, 0.25) is 5.02 Å². The standard InChI is InChI=1S/C20H14ClF3N2O4S/c21-15-4-2-1-3-14(15)18-16(17(26-30-18)11-5-6-11)19(27)25-12-7-9-13(10-8-12)31(28,29)20(22,23)24/h1-4,7-11H,5-6H2,(H,25,27). The summed E-state index contributed by atoms with van der Waals surface area (Å²) in [5, 5.41) is 6.95. The van der Waals surface area contributed by atoms with Crippen molar-refractivity contribution in [2.45, 2.75) is 29.2 Å². The van der Waals surface area contributed by atoms with Gasteiger partial charge in [0, 0.05) is 17.2 Å². The number of halogens is 4. The Kier molecular flexibility index (Phi) is 5.30. The van der Waals surface area contributed by atoms with Crippen molar-refractivity contribution >= 4 is 33.0 Å². The summed E-state index contributed by atoms with van der Waals surface area (Å²) in [4.78, 5) is 12.1. The number of benzene rings is 2. The average molecular weight is 471 g/mol. The van der Waals surface area contributed by atoms with Gasteiger partial charge in [0.05, 0.1) is 9.92 Å². The Morgan fingerprint density at radius 3 is 2.32 bits per heavy atom. The highest BCUT2D eigenvalue weighted by Gasteiger charge is 2.46. The largest absolute Gasteiger partial charge is 0.501 e. The normalized spacial score (nSPS) is 14.5. The number of anilines is 1. The van der Waals surface area contributed by atoms with Gasteiger partial charge in [-0.3, -0.25) is 4.79 Å². The van der Waals surface area contributed by atoms with E-state index in [2.05, 4.69) is 10.5 Å². The first-order valence-corrected chi connectivity index (χ1v) is 10.9. The first-order valence-electron chi connectivity index (χ1n) is 9.07. The number of hydrogen-bond donors (Lipinski definition) is 1. The molecule has 31 heavy (non-hydrogen) atoms. The summed E-state index contributed by atoms with van der Waals surface area (Å²) in [5.41, 5.74) is -4.17. The van der Waals surface area contributed by atoms with E-state index in [9.17, 15) is 26.4 Å². The van der Waals surface area contributed by atoms with E-state index < -0.39 is 26.1 Å². The highest BCUT2D eigenvalue weighted by molar-refractivity contribution is 7.92. The van der Waals surface area contributed by atoms with Crippen LogP contribution in [-0.4, -0.2) is 25.0 Å². The maximum absolute atomic E-state index is 13.0. The van der Waals surface area contributed by atoms with Crippen molar-refractivity contribution in [1.29, 1.82) is 0 Å². The van der Waals surface area contributed by atoms with Crippen LogP contribution >= 0.6 is 11.6 Å². The Morgan fingerprint density at radius 1 is 1.10 bits per heavy atom. The molecule has 0 atom stereocenters. The van der Waals surface area contributed by atoms with Gasteiger partial charge in [0.25, 0.3) is 15.7 Å². The van der Waals surface area contributed by atoms with Gasteiger partial charge in [-0.25, -0.2) is 8.42 Å². The number of alkyl halides is 3. The number of nitrogens with zero attached hydrogens (tertiary/aromatic N) is 1. The molecule has 0 spiro atoms. The molecule has 1 N–H and O–H groups in total. The molecule has 0 saturated heterocycles. The Labute approximate surface area is 179 Å². The second-order valence-corrected chi connectivity index (χ2v) is 9.30. The van der Waals surface area contributed by atoms with Gasteiger partial charge in [0.15, 0.2) is 5.76 Å². The molecule has 4 rings (SSSR count). The Hall–Kier alpha value is -2.85. The van der Waals surface area contributed by atoms with Gasteiger partial charge in [-0.2, -0.15) is 13.2 Å². The van der Waals surface area contributed by atoms with Crippen LogP contribution in [0.15, 0.2) is 57.9 Å². The van der Waals surface area contributed by atoms with E-state index in [0.717, 1.165) is 37.1 Å². The SMILES string of the molecule is O=C(Nc1ccc(S(=O)(=O)C(F)(F)F)cc1)c1c(C2CC2)noc1-c1ccccc1Cl. The van der Waals surface area contributed by atoms with Gasteiger partial charge in [0.2, 0.25) is 0 Å². The molecule has 0 radical (unpaired) electrons. The predicted molar refractivity (Wildman–Crippen MR) is 107 cm³/mol. The monoisotopic (exact) mass is 470 g/mol. The van der Waals surface area contributed by atoms with E-state index in [-0.39, 0.29) is 22.9 Å². The van der Waals surface area contributed by atoms with E-state index in [1.165, 1.54) is 0 Å². The Balaban J connectivity index is 1.65. The molecule has 2 aromatic carbocycles. The summed E-state index contributed by atoms with van der Waals surface area (Å²) < 4.78 is 66.5. The fourth-order valence-corrected chi connectivity index (χ4v) is 4.01. The number of hydrogen-bond acceptors (Lipinski definition) is 5. The molecular weight excluding hydrogens is 457 g/mol. The van der Waals surface area contributed by atoms with Crippen LogP contribution in [0, 0.1) is 0 Å². The molecule has 1 fully saturated rings. The lowest BCUT2D eigenvalue weighted by Crippen LogP contribution is -2.23. The smallest absolute Gasteiger partial charge is 0.355 e. The molecule has 0 unspecified atom stereocenters. The third-order valence-corrected chi connectivity index (χ3v) is 6.59. The molecule has 11 heteroatoms. The quantitative estimate of drug-likeness (QED) is 0.538. The van der Waals surface area contributed by atoms with Crippen molar-refractivity contribution in [3.05, 3.63) is 64.8 Å². The number of aromatic nitrogens is 1. The lowest BCUT2D eigenvalue weighted by atomic mass is 10.0. The molecule has 162 valence electrons. The number of carbonyl (C=O) groups is 1. The van der Waals surface area contributed by atoms with Crippen molar-refractivity contribution in [2.24, 2.45) is 0 Å². The molecule has 1 amide bonds. The van der Waals surface area contributed by atoms with E-state index in [1.54, 1.807) is 24.3 Å². The molecule has 1 aliphatic rings. The van der Waals surface area contributed by atoms with E-state index in [0.29, 0.717) is 16.3 Å². The molecule has 3 aromatic rings. The zero-order valence-electron chi connectivity index (χ0n) is 15.6. The summed E-state index contributed by atoms with van der Waals surface area (Å²) in [5.74, 6) is -0.342. The predicted octanol–water partition coefficient (Wildman–Crippen LogP) is 5.42. The van der Waals surface area contributed by atoms with Crippen LogP contribution < -0.4 is 5.32 Å². The van der Waals surface area contributed by atoms with Crippen molar-refractivity contribution in [2.75, 3.05) is 5.32 Å². The van der Waals surface area contributed by atoms with Crippen molar-refractivity contribution in [1.82, 2.24) is 5.16 Å². The van der Waals surface area contributed by atoms with Crippen molar-refractivity contribution in [3.8, 4) is 11.3 Å². The fourth-order valence-electron chi connectivity index (χ4n) is 3.03. The van der Waals surface area contributed by atoms with Gasteiger partial charge < -0.3 is 9.84 Å². The van der Waals surface area contributed by atoms with Gasteiger partial charge in [-0.1, -0.05) is 28.9 Å². The summed E-state index contributed by atoms with van der Waals surface area (Å²) in [7, 11) is -5.47. The second kappa shape index (κ2) is 7.69. The fraction of sp³-hybridized carbons (Fsp3) is 0.200. The minimum absolute atomic E-state index is 0.0695. The summed E-state index contributed by atoms with van der Waals surface area (Å²) in [6, 6.07) is 10.5. The molecular formula is C20H14ClF3N2O4S. The van der Waals surface area contributed by atoms with Crippen LogP contribution in [0.1, 0.15) is 34.8 Å². The molecule has 6 nitrogen and oxygen atoms in total. The van der Waals surface area contributed by atoms with E-state index in [1.807, 2.05) is 0 Å². The molecule has 1 aliphatic carbocycles. The summed E-state index contributed by atoms with van der Waals surface area (Å²) in [6.07, 6.45) is 1.69. The lowest BCUT2D eigenvalue weighted by molar-refractivity contribution is -0.0436. The van der Waals surface area contributed by atoms with E-state index in [4.69, 9.17) is 16.1 Å². The molecule has 1 saturated carbocycles. The average Bonchev–Trinajstić information content (AvgIpc) is 3.46. The third kappa shape index (κ3) is 4.05. The maximum atomic E-state index is 13.0. The number of amides is 1. The minimum Gasteiger partial charge on any atom is -0.355 e. The zero-order valence-corrected chi connectivity index (χ0v) is 17.2. The molecule has 1 heterocycles. The van der Waals surface area contributed by atoms with Crippen LogP contribution in [0.3, 0.4) is 0 Å². The molecule has 0 aliphatic heterocycles. The number of carbonyl (C=O) groups excluding carboxylic acids is 1. The highest BCUT2D eigenvalue weighted by atomic mass is 35.5. The molecule has 0 bridgehead atoms. The highest BCUT2D eigenvalue weighted by Crippen LogP contribution is 2.44. The lowest BCUT2D eigenvalue weighted by Gasteiger charge is -2.10. The second-order valence-electron chi connectivity index (χ2n) is 6.95. The Morgan fingerprint density at radius 2 is 1.74 bits per heavy atom. The van der Waals surface area contributed by atoms with Crippen LogP contribution in [0.25, 0.3) is 11.3 Å². The van der Waals surface area contributed by atoms with Gasteiger partial charge in [-0.05, 0) is 49.2 Å². The first kappa shape index (κ1) is 21.4. The summed E-state index contributed by atoms with van der Waals surface area (Å²) in [6.45, 7) is 0. The number of sulfone groups is 1. The number of nitrogens with one attached hydrogen (secondary N) is 1. The van der Waals surface area contributed by atoms with Crippen LogP contribution in [-0.2, 0) is 9.84 Å². The summed E-state index contributed by atoms with van der Waals surface area (Å²) >= 11 is 6.23. The third-order valence-electron chi connectivity index (χ3n) is 4.76. The number of rotatable bonds is 5. The van der Waals surface area contributed by atoms with Gasteiger partial charge in [0.1, 0.15) is 11.3 Å². The maximum Gasteiger partial charge on any atom is 0.501 e. The minimum atomic E-state index is -5.47. The first-order chi connectivity index (χ1) is 14.6. The van der Waals surface area contributed by atoms with Crippen LogP contribution in [0.5, 0.6) is 0 Å². The topological polar surface area (TPSA) is 89.3 Å². The van der Waals surface area contributed by atoms with Crippen molar-refractivity contribution < 1.29 is 30.9 Å². The Bertz CT molecular complexity index is 1250. The van der Waals surface area contributed by atoms with Crippen LogP contribution in [0.4, 0.5) is 18.9 Å². The van der Waals surface area contributed by atoms with Crippen molar-refractivity contribution in [3.63, 3.8) is 0 Å². The van der Waals surface area contributed by atoms with Gasteiger partial charge >= 0.3 is 5.51 Å².